The second-order valence-electron chi connectivity index (χ2n) is 7.15. The van der Waals surface area contributed by atoms with Gasteiger partial charge in [-0.05, 0) is 31.6 Å². The van der Waals surface area contributed by atoms with E-state index < -0.39 is 6.10 Å². The van der Waals surface area contributed by atoms with Gasteiger partial charge in [-0.2, -0.15) is 0 Å². The first-order chi connectivity index (χ1) is 12.2. The van der Waals surface area contributed by atoms with Gasteiger partial charge in [-0.1, -0.05) is 12.2 Å². The monoisotopic (exact) mass is 352 g/mol. The molecule has 3 aliphatic rings. The first-order valence-electron chi connectivity index (χ1n) is 9.25. The highest BCUT2D eigenvalue weighted by Crippen LogP contribution is 2.27. The zero-order valence-electron chi connectivity index (χ0n) is 14.5. The maximum absolute atomic E-state index is 12.3. The van der Waals surface area contributed by atoms with Crippen LogP contribution < -0.4 is 10.6 Å². The summed E-state index contributed by atoms with van der Waals surface area (Å²) in [5.74, 6) is 0.526. The molecule has 1 saturated carbocycles. The van der Waals surface area contributed by atoms with Gasteiger partial charge in [0.15, 0.2) is 0 Å². The van der Waals surface area contributed by atoms with E-state index in [-0.39, 0.29) is 42.9 Å². The molecular formula is C18H28N2O5. The lowest BCUT2D eigenvalue weighted by molar-refractivity contribution is -0.132. The number of carbonyl (C=O) groups excluding carboxylic acids is 2. The molecule has 0 bridgehead atoms. The molecule has 0 aromatic heterocycles. The smallest absolute Gasteiger partial charge is 0.223 e. The summed E-state index contributed by atoms with van der Waals surface area (Å²) >= 11 is 0. The van der Waals surface area contributed by atoms with Gasteiger partial charge in [-0.15, -0.1) is 0 Å². The SMILES string of the molecule is O=C(C[C@H]1C=C[C@@H](NC(=O)C2CCOCC2)[C@@H](CO)O1)NCC1CC1. The lowest BCUT2D eigenvalue weighted by Crippen LogP contribution is -2.50. The molecular weight excluding hydrogens is 324 g/mol. The average Bonchev–Trinajstić information content (AvgIpc) is 3.46. The van der Waals surface area contributed by atoms with Gasteiger partial charge in [0.1, 0.15) is 6.10 Å². The van der Waals surface area contributed by atoms with E-state index >= 15 is 0 Å². The number of aliphatic hydroxyl groups is 1. The van der Waals surface area contributed by atoms with Crippen molar-refractivity contribution in [3.63, 3.8) is 0 Å². The maximum Gasteiger partial charge on any atom is 0.223 e. The zero-order chi connectivity index (χ0) is 17.6. The number of nitrogens with one attached hydrogen (secondary N) is 2. The van der Waals surface area contributed by atoms with Crippen LogP contribution in [-0.2, 0) is 19.1 Å². The van der Waals surface area contributed by atoms with Gasteiger partial charge in [0.2, 0.25) is 11.8 Å². The van der Waals surface area contributed by atoms with Crippen molar-refractivity contribution in [2.24, 2.45) is 11.8 Å². The lowest BCUT2D eigenvalue weighted by Gasteiger charge is -2.33. The van der Waals surface area contributed by atoms with Crippen molar-refractivity contribution in [2.45, 2.75) is 50.4 Å². The fourth-order valence-electron chi connectivity index (χ4n) is 3.21. The molecule has 1 aliphatic carbocycles. The topological polar surface area (TPSA) is 96.9 Å². The Labute approximate surface area is 148 Å². The number of carbonyl (C=O) groups is 2. The number of aliphatic hydroxyl groups excluding tert-OH is 1. The van der Waals surface area contributed by atoms with Crippen LogP contribution in [0, 0.1) is 11.8 Å². The summed E-state index contributed by atoms with van der Waals surface area (Å²) in [4.78, 5) is 24.3. The number of rotatable bonds is 7. The number of amides is 2. The molecule has 140 valence electrons. The molecule has 2 heterocycles. The number of hydrogen-bond donors (Lipinski definition) is 3. The van der Waals surface area contributed by atoms with Crippen LogP contribution in [0.15, 0.2) is 12.2 Å². The van der Waals surface area contributed by atoms with Crippen LogP contribution in [0.1, 0.15) is 32.1 Å². The van der Waals surface area contributed by atoms with Gasteiger partial charge >= 0.3 is 0 Å². The average molecular weight is 352 g/mol. The molecule has 2 aliphatic heterocycles. The van der Waals surface area contributed by atoms with Crippen molar-refractivity contribution in [1.29, 1.82) is 0 Å². The predicted octanol–water partition coefficient (Wildman–Crippen LogP) is 0.130. The Kier molecular flexibility index (Phi) is 6.45. The fraction of sp³-hybridized carbons (Fsp3) is 0.778. The van der Waals surface area contributed by atoms with E-state index in [4.69, 9.17) is 9.47 Å². The Balaban J connectivity index is 1.47. The molecule has 3 atom stereocenters. The molecule has 3 rings (SSSR count). The van der Waals surface area contributed by atoms with Crippen molar-refractivity contribution in [1.82, 2.24) is 10.6 Å². The number of hydrogen-bond acceptors (Lipinski definition) is 5. The quantitative estimate of drug-likeness (QED) is 0.566. The van der Waals surface area contributed by atoms with Gasteiger partial charge in [0, 0.05) is 25.7 Å². The molecule has 0 radical (unpaired) electrons. The van der Waals surface area contributed by atoms with Gasteiger partial charge in [-0.25, -0.2) is 0 Å². The molecule has 3 N–H and O–H groups in total. The Morgan fingerprint density at radius 3 is 2.56 bits per heavy atom. The molecule has 0 aromatic carbocycles. The Morgan fingerprint density at radius 1 is 1.12 bits per heavy atom. The van der Waals surface area contributed by atoms with Crippen molar-refractivity contribution in [2.75, 3.05) is 26.4 Å². The molecule has 0 spiro atoms. The van der Waals surface area contributed by atoms with E-state index in [0.717, 1.165) is 19.4 Å². The summed E-state index contributed by atoms with van der Waals surface area (Å²) in [6.45, 7) is 1.75. The third-order valence-electron chi connectivity index (χ3n) is 5.04. The molecule has 2 amide bonds. The highest BCUT2D eigenvalue weighted by molar-refractivity contribution is 5.79. The van der Waals surface area contributed by atoms with E-state index in [1.165, 1.54) is 12.8 Å². The molecule has 2 fully saturated rings. The van der Waals surface area contributed by atoms with Crippen LogP contribution in [0.2, 0.25) is 0 Å². The lowest BCUT2D eigenvalue weighted by atomic mass is 9.97. The van der Waals surface area contributed by atoms with Gasteiger partial charge < -0.3 is 25.2 Å². The van der Waals surface area contributed by atoms with E-state index in [1.54, 1.807) is 6.08 Å². The zero-order valence-corrected chi connectivity index (χ0v) is 14.5. The van der Waals surface area contributed by atoms with Gasteiger partial charge in [0.05, 0.1) is 25.2 Å². The summed E-state index contributed by atoms with van der Waals surface area (Å²) in [6.07, 6.45) is 6.80. The van der Waals surface area contributed by atoms with E-state index in [9.17, 15) is 14.7 Å². The minimum absolute atomic E-state index is 0.0272. The molecule has 0 aromatic rings. The van der Waals surface area contributed by atoms with Crippen LogP contribution >= 0.6 is 0 Å². The minimum Gasteiger partial charge on any atom is -0.394 e. The van der Waals surface area contributed by atoms with Crippen molar-refractivity contribution in [3.05, 3.63) is 12.2 Å². The van der Waals surface area contributed by atoms with Crippen LogP contribution in [0.5, 0.6) is 0 Å². The molecule has 25 heavy (non-hydrogen) atoms. The minimum atomic E-state index is -0.532. The summed E-state index contributed by atoms with van der Waals surface area (Å²) in [5.41, 5.74) is 0. The predicted molar refractivity (Wildman–Crippen MR) is 90.7 cm³/mol. The van der Waals surface area contributed by atoms with E-state index in [2.05, 4.69) is 10.6 Å². The molecule has 7 nitrogen and oxygen atoms in total. The normalized spacial score (nSPS) is 30.0. The highest BCUT2D eigenvalue weighted by atomic mass is 16.5. The summed E-state index contributed by atoms with van der Waals surface area (Å²) in [7, 11) is 0. The maximum atomic E-state index is 12.3. The second-order valence-corrected chi connectivity index (χ2v) is 7.15. The number of ether oxygens (including phenoxy) is 2. The standard InChI is InChI=1S/C18H28N2O5/c21-11-16-15(20-18(23)13-5-7-24-8-6-13)4-3-14(25-16)9-17(22)19-10-12-1-2-12/h3-4,12-16,21H,1-2,5-11H2,(H,19,22)(H,20,23)/t14-,15-,16-/m1/s1. The van der Waals surface area contributed by atoms with Crippen LogP contribution in [0.4, 0.5) is 0 Å². The summed E-state index contributed by atoms with van der Waals surface area (Å²) in [5, 5.41) is 15.4. The van der Waals surface area contributed by atoms with Crippen LogP contribution in [0.25, 0.3) is 0 Å². The summed E-state index contributed by atoms with van der Waals surface area (Å²) in [6, 6.07) is -0.369. The van der Waals surface area contributed by atoms with Crippen molar-refractivity contribution >= 4 is 11.8 Å². The molecule has 1 saturated heterocycles. The second kappa shape index (κ2) is 8.78. The largest absolute Gasteiger partial charge is 0.394 e. The van der Waals surface area contributed by atoms with Crippen molar-refractivity contribution in [3.8, 4) is 0 Å². The first-order valence-corrected chi connectivity index (χ1v) is 9.25. The van der Waals surface area contributed by atoms with E-state index in [1.807, 2.05) is 6.08 Å². The van der Waals surface area contributed by atoms with Crippen LogP contribution in [0.3, 0.4) is 0 Å². The molecule has 7 heteroatoms. The van der Waals surface area contributed by atoms with E-state index in [0.29, 0.717) is 19.1 Å². The van der Waals surface area contributed by atoms with Gasteiger partial charge in [0.25, 0.3) is 0 Å². The molecule has 0 unspecified atom stereocenters. The highest BCUT2D eigenvalue weighted by Gasteiger charge is 2.31. The Hall–Kier alpha value is -1.44. The Bertz CT molecular complexity index is 500. The van der Waals surface area contributed by atoms with Gasteiger partial charge in [-0.3, -0.25) is 9.59 Å². The van der Waals surface area contributed by atoms with Crippen molar-refractivity contribution < 1.29 is 24.2 Å². The van der Waals surface area contributed by atoms with Crippen LogP contribution in [-0.4, -0.2) is 61.5 Å². The first kappa shape index (κ1) is 18.4. The third kappa shape index (κ3) is 5.52. The Morgan fingerprint density at radius 2 is 1.88 bits per heavy atom. The third-order valence-corrected chi connectivity index (χ3v) is 5.04. The fourth-order valence-corrected chi connectivity index (χ4v) is 3.21. The summed E-state index contributed by atoms with van der Waals surface area (Å²) < 4.78 is 11.1.